The standard InChI is InChI=1S/C13H19N5O/c1-4-5-12-16-13(19-17-12)9-18(3)8-11-7-14-10(2)6-15-11/h6-7H,4-5,8-9H2,1-3H3. The number of nitrogens with zero attached hydrogens (tertiary/aromatic N) is 5. The summed E-state index contributed by atoms with van der Waals surface area (Å²) in [5.74, 6) is 1.42. The molecule has 0 radical (unpaired) electrons. The second-order valence-corrected chi connectivity index (χ2v) is 4.68. The van der Waals surface area contributed by atoms with Gasteiger partial charge in [0.1, 0.15) is 0 Å². The number of hydrogen-bond donors (Lipinski definition) is 0. The van der Waals surface area contributed by atoms with Crippen LogP contribution in [0.5, 0.6) is 0 Å². The van der Waals surface area contributed by atoms with Gasteiger partial charge in [-0.05, 0) is 20.4 Å². The summed E-state index contributed by atoms with van der Waals surface area (Å²) < 4.78 is 5.21. The highest BCUT2D eigenvalue weighted by Gasteiger charge is 2.09. The quantitative estimate of drug-likeness (QED) is 0.789. The van der Waals surface area contributed by atoms with Crippen LogP contribution >= 0.6 is 0 Å². The molecular formula is C13H19N5O. The average molecular weight is 261 g/mol. The van der Waals surface area contributed by atoms with Crippen LogP contribution in [-0.4, -0.2) is 32.1 Å². The molecule has 0 N–H and O–H groups in total. The van der Waals surface area contributed by atoms with Gasteiger partial charge >= 0.3 is 0 Å². The molecule has 0 atom stereocenters. The highest BCUT2D eigenvalue weighted by molar-refractivity contribution is 5.00. The molecule has 0 saturated carbocycles. The van der Waals surface area contributed by atoms with Crippen LogP contribution in [0.4, 0.5) is 0 Å². The van der Waals surface area contributed by atoms with Crippen LogP contribution in [-0.2, 0) is 19.5 Å². The van der Waals surface area contributed by atoms with E-state index in [1.807, 2.05) is 14.0 Å². The van der Waals surface area contributed by atoms with Crippen molar-refractivity contribution in [2.45, 2.75) is 39.8 Å². The smallest absolute Gasteiger partial charge is 0.240 e. The molecule has 6 heteroatoms. The predicted molar refractivity (Wildman–Crippen MR) is 70.2 cm³/mol. The maximum absolute atomic E-state index is 5.21. The van der Waals surface area contributed by atoms with Gasteiger partial charge in [0.05, 0.1) is 17.9 Å². The Labute approximate surface area is 112 Å². The van der Waals surface area contributed by atoms with Crippen molar-refractivity contribution in [1.82, 2.24) is 25.0 Å². The van der Waals surface area contributed by atoms with Gasteiger partial charge in [-0.25, -0.2) is 0 Å². The predicted octanol–water partition coefficient (Wildman–Crippen LogP) is 1.75. The lowest BCUT2D eigenvalue weighted by Crippen LogP contribution is -2.18. The SMILES string of the molecule is CCCc1noc(CN(C)Cc2cnc(C)cn2)n1. The summed E-state index contributed by atoms with van der Waals surface area (Å²) in [6.07, 6.45) is 5.45. The Kier molecular flexibility index (Phi) is 4.57. The number of aryl methyl sites for hydroxylation is 2. The normalized spacial score (nSPS) is 11.2. The largest absolute Gasteiger partial charge is 0.338 e. The summed E-state index contributed by atoms with van der Waals surface area (Å²) in [5.41, 5.74) is 1.86. The average Bonchev–Trinajstić information content (AvgIpc) is 2.80. The first-order chi connectivity index (χ1) is 9.17. The van der Waals surface area contributed by atoms with Gasteiger partial charge in [0, 0.05) is 25.4 Å². The lowest BCUT2D eigenvalue weighted by atomic mass is 10.3. The van der Waals surface area contributed by atoms with E-state index in [0.717, 1.165) is 30.1 Å². The van der Waals surface area contributed by atoms with Crippen molar-refractivity contribution in [3.05, 3.63) is 35.5 Å². The molecule has 0 aromatic carbocycles. The fourth-order valence-corrected chi connectivity index (χ4v) is 1.74. The molecule has 0 aliphatic heterocycles. The lowest BCUT2D eigenvalue weighted by Gasteiger charge is -2.12. The maximum atomic E-state index is 5.21. The van der Waals surface area contributed by atoms with E-state index in [0.29, 0.717) is 19.0 Å². The van der Waals surface area contributed by atoms with Crippen LogP contribution in [0.2, 0.25) is 0 Å². The third kappa shape index (κ3) is 4.10. The van der Waals surface area contributed by atoms with E-state index < -0.39 is 0 Å². The molecule has 0 aliphatic rings. The minimum atomic E-state index is 0.617. The second-order valence-electron chi connectivity index (χ2n) is 4.68. The van der Waals surface area contributed by atoms with Gasteiger partial charge in [-0.15, -0.1) is 0 Å². The van der Waals surface area contributed by atoms with Gasteiger partial charge < -0.3 is 4.52 Å². The van der Waals surface area contributed by atoms with E-state index in [4.69, 9.17) is 4.52 Å². The first-order valence-corrected chi connectivity index (χ1v) is 6.45. The summed E-state index contributed by atoms with van der Waals surface area (Å²) in [5, 5.41) is 3.94. The van der Waals surface area contributed by atoms with E-state index in [1.165, 1.54) is 0 Å². The van der Waals surface area contributed by atoms with E-state index in [9.17, 15) is 0 Å². The van der Waals surface area contributed by atoms with E-state index in [1.54, 1.807) is 12.4 Å². The highest BCUT2D eigenvalue weighted by Crippen LogP contribution is 2.06. The summed E-state index contributed by atoms with van der Waals surface area (Å²) in [6, 6.07) is 0. The zero-order valence-corrected chi connectivity index (χ0v) is 11.6. The highest BCUT2D eigenvalue weighted by atomic mass is 16.5. The Morgan fingerprint density at radius 3 is 2.74 bits per heavy atom. The van der Waals surface area contributed by atoms with Gasteiger partial charge in [0.15, 0.2) is 5.82 Å². The molecule has 19 heavy (non-hydrogen) atoms. The molecular weight excluding hydrogens is 242 g/mol. The van der Waals surface area contributed by atoms with Gasteiger partial charge in [0.2, 0.25) is 5.89 Å². The fraction of sp³-hybridized carbons (Fsp3) is 0.538. The zero-order chi connectivity index (χ0) is 13.7. The molecule has 2 heterocycles. The molecule has 0 aliphatic carbocycles. The third-order valence-electron chi connectivity index (χ3n) is 2.66. The van der Waals surface area contributed by atoms with Crippen LogP contribution in [0.25, 0.3) is 0 Å². The van der Waals surface area contributed by atoms with Crippen molar-refractivity contribution in [2.75, 3.05) is 7.05 Å². The van der Waals surface area contributed by atoms with Crippen LogP contribution in [0.1, 0.15) is 36.4 Å². The molecule has 6 nitrogen and oxygen atoms in total. The zero-order valence-electron chi connectivity index (χ0n) is 11.6. The minimum Gasteiger partial charge on any atom is -0.338 e. The van der Waals surface area contributed by atoms with Crippen LogP contribution < -0.4 is 0 Å². The van der Waals surface area contributed by atoms with E-state index in [2.05, 4.69) is 31.9 Å². The molecule has 0 unspecified atom stereocenters. The van der Waals surface area contributed by atoms with Gasteiger partial charge in [-0.1, -0.05) is 12.1 Å². The topological polar surface area (TPSA) is 67.9 Å². The first kappa shape index (κ1) is 13.6. The van der Waals surface area contributed by atoms with Crippen LogP contribution in [0.15, 0.2) is 16.9 Å². The Hall–Kier alpha value is -1.82. The summed E-state index contributed by atoms with van der Waals surface area (Å²) in [6.45, 7) is 5.34. The maximum Gasteiger partial charge on any atom is 0.240 e. The molecule has 0 spiro atoms. The van der Waals surface area contributed by atoms with Crippen molar-refractivity contribution in [1.29, 1.82) is 0 Å². The molecule has 2 aromatic heterocycles. The summed E-state index contributed by atoms with van der Waals surface area (Å²) >= 11 is 0. The molecule has 0 bridgehead atoms. The Balaban J connectivity index is 1.89. The molecule has 2 rings (SSSR count). The van der Waals surface area contributed by atoms with E-state index >= 15 is 0 Å². The van der Waals surface area contributed by atoms with Crippen molar-refractivity contribution < 1.29 is 4.52 Å². The van der Waals surface area contributed by atoms with Gasteiger partial charge in [0.25, 0.3) is 0 Å². The monoisotopic (exact) mass is 261 g/mol. The van der Waals surface area contributed by atoms with Crippen LogP contribution in [0, 0.1) is 6.92 Å². The summed E-state index contributed by atoms with van der Waals surface area (Å²) in [7, 11) is 1.99. The van der Waals surface area contributed by atoms with E-state index in [-0.39, 0.29) is 0 Å². The van der Waals surface area contributed by atoms with Crippen molar-refractivity contribution >= 4 is 0 Å². The number of hydrogen-bond acceptors (Lipinski definition) is 6. The van der Waals surface area contributed by atoms with Crippen molar-refractivity contribution in [2.24, 2.45) is 0 Å². The molecule has 102 valence electrons. The van der Waals surface area contributed by atoms with Crippen molar-refractivity contribution in [3.8, 4) is 0 Å². The molecule has 0 fully saturated rings. The Morgan fingerprint density at radius 1 is 1.21 bits per heavy atom. The van der Waals surface area contributed by atoms with Gasteiger partial charge in [-0.2, -0.15) is 4.98 Å². The number of aromatic nitrogens is 4. The summed E-state index contributed by atoms with van der Waals surface area (Å²) in [4.78, 5) is 15.0. The fourth-order valence-electron chi connectivity index (χ4n) is 1.74. The second kappa shape index (κ2) is 6.38. The van der Waals surface area contributed by atoms with Crippen molar-refractivity contribution in [3.63, 3.8) is 0 Å². The lowest BCUT2D eigenvalue weighted by molar-refractivity contribution is 0.258. The van der Waals surface area contributed by atoms with Gasteiger partial charge in [-0.3, -0.25) is 14.9 Å². The third-order valence-corrected chi connectivity index (χ3v) is 2.66. The minimum absolute atomic E-state index is 0.617. The Morgan fingerprint density at radius 2 is 2.05 bits per heavy atom. The first-order valence-electron chi connectivity index (χ1n) is 6.45. The molecule has 0 amide bonds. The number of rotatable bonds is 6. The molecule has 2 aromatic rings. The Bertz CT molecular complexity index is 508. The molecule has 0 saturated heterocycles. The van der Waals surface area contributed by atoms with Crippen LogP contribution in [0.3, 0.4) is 0 Å².